The monoisotopic (exact) mass is 815 g/mol. The van der Waals surface area contributed by atoms with Crippen LogP contribution in [0.2, 0.25) is 0 Å². The quantitative estimate of drug-likeness (QED) is 0.103. The fraction of sp³-hybridized carbons (Fsp3) is 0.367. The Balaban J connectivity index is 1.08. The zero-order chi connectivity index (χ0) is 41.2. The lowest BCUT2D eigenvalue weighted by Crippen LogP contribution is -2.47. The summed E-state index contributed by atoms with van der Waals surface area (Å²) in [5, 5.41) is 12.7. The molecule has 0 aliphatic carbocycles. The number of amides is 1. The van der Waals surface area contributed by atoms with Gasteiger partial charge in [-0.3, -0.25) is 4.79 Å². The molecule has 0 bridgehead atoms. The van der Waals surface area contributed by atoms with Crippen molar-refractivity contribution in [3.63, 3.8) is 0 Å². The number of ether oxygens (including phenoxy) is 2. The lowest BCUT2D eigenvalue weighted by molar-refractivity contribution is -0.276. The van der Waals surface area contributed by atoms with Crippen LogP contribution < -0.4 is 10.0 Å². The number of aliphatic hydroxyl groups is 1. The maximum atomic E-state index is 13.8. The highest BCUT2D eigenvalue weighted by Gasteiger charge is 2.39. The first-order valence-corrected chi connectivity index (χ1v) is 22.5. The maximum absolute atomic E-state index is 13.8. The van der Waals surface area contributed by atoms with Gasteiger partial charge in [-0.1, -0.05) is 147 Å². The minimum Gasteiger partial charge on any atom is -0.392 e. The van der Waals surface area contributed by atoms with Crippen LogP contribution in [0.4, 0.5) is 0 Å². The molecule has 7 rings (SSSR count). The zero-order valence-electron chi connectivity index (χ0n) is 34.1. The lowest BCUT2D eigenvalue weighted by atomic mass is 9.89. The van der Waals surface area contributed by atoms with Crippen molar-refractivity contribution in [3.05, 3.63) is 161 Å². The predicted octanol–water partition coefficient (Wildman–Crippen LogP) is 8.42. The van der Waals surface area contributed by atoms with Crippen LogP contribution >= 0.6 is 0 Å². The highest BCUT2D eigenvalue weighted by molar-refractivity contribution is 7.89. The minimum absolute atomic E-state index is 0.00261. The Bertz CT molecular complexity index is 2210. The van der Waals surface area contributed by atoms with Gasteiger partial charge >= 0.3 is 0 Å². The number of carbonyl (C=O) groups is 1. The van der Waals surface area contributed by atoms with Crippen molar-refractivity contribution >= 4 is 15.9 Å². The predicted molar refractivity (Wildman–Crippen MR) is 232 cm³/mol. The molecule has 0 saturated carbocycles. The van der Waals surface area contributed by atoms with Crippen molar-refractivity contribution in [1.82, 2.24) is 14.9 Å². The van der Waals surface area contributed by atoms with Crippen molar-refractivity contribution < 1.29 is 27.8 Å². The van der Waals surface area contributed by atoms with Gasteiger partial charge in [0.2, 0.25) is 15.9 Å². The van der Waals surface area contributed by atoms with Crippen LogP contribution in [0.25, 0.3) is 11.1 Å². The van der Waals surface area contributed by atoms with Crippen LogP contribution in [-0.2, 0) is 43.9 Å². The van der Waals surface area contributed by atoms with E-state index in [0.717, 1.165) is 64.1 Å². The number of benzene rings is 5. The van der Waals surface area contributed by atoms with E-state index in [1.54, 1.807) is 24.3 Å². The van der Waals surface area contributed by atoms with E-state index in [9.17, 15) is 18.3 Å². The summed E-state index contributed by atoms with van der Waals surface area (Å²) in [6.07, 6.45) is 5.69. The molecular weight excluding hydrogens is 759 g/mol. The van der Waals surface area contributed by atoms with Gasteiger partial charge in [0.1, 0.15) is 6.04 Å². The summed E-state index contributed by atoms with van der Waals surface area (Å²) >= 11 is 0. The van der Waals surface area contributed by atoms with E-state index in [1.807, 2.05) is 73.7 Å². The van der Waals surface area contributed by atoms with Gasteiger partial charge in [0.15, 0.2) is 6.29 Å². The van der Waals surface area contributed by atoms with Gasteiger partial charge in [-0.2, -0.15) is 4.72 Å². The molecule has 5 aromatic carbocycles. The van der Waals surface area contributed by atoms with Crippen LogP contribution in [0.1, 0.15) is 84.8 Å². The minimum atomic E-state index is -3.97. The number of nitrogens with one attached hydrogen (secondary N) is 2. The Labute approximate surface area is 349 Å². The number of aryl methyl sites for hydroxylation is 1. The number of nitrogens with zero attached hydrogens (tertiary/aromatic N) is 1. The average Bonchev–Trinajstić information content (AvgIpc) is 3.25. The molecule has 1 amide bonds. The van der Waals surface area contributed by atoms with Gasteiger partial charge in [0, 0.05) is 24.6 Å². The van der Waals surface area contributed by atoms with Crippen molar-refractivity contribution in [1.29, 1.82) is 0 Å². The number of sulfonamides is 1. The van der Waals surface area contributed by atoms with Crippen molar-refractivity contribution in [2.24, 2.45) is 5.92 Å². The molecule has 10 heteroatoms. The molecule has 0 radical (unpaired) electrons. The number of carbonyl (C=O) groups excluding carboxylic acids is 1. The molecule has 2 fully saturated rings. The highest BCUT2D eigenvalue weighted by atomic mass is 32.2. The third-order valence-corrected chi connectivity index (χ3v) is 13.2. The van der Waals surface area contributed by atoms with E-state index >= 15 is 0 Å². The number of aliphatic hydroxyl groups excluding tert-OH is 1. The fourth-order valence-electron chi connectivity index (χ4n) is 8.17. The summed E-state index contributed by atoms with van der Waals surface area (Å²) in [6.45, 7) is 7.33. The first-order chi connectivity index (χ1) is 28.7. The molecule has 59 heavy (non-hydrogen) atoms. The number of hydrogen-bond acceptors (Lipinski definition) is 7. The molecule has 0 spiro atoms. The number of hydrogen-bond donors (Lipinski definition) is 3. The van der Waals surface area contributed by atoms with Crippen LogP contribution in [-0.4, -0.2) is 56.1 Å². The molecule has 310 valence electrons. The van der Waals surface area contributed by atoms with Gasteiger partial charge < -0.3 is 24.8 Å². The molecule has 9 nitrogen and oxygen atoms in total. The van der Waals surface area contributed by atoms with Gasteiger partial charge in [-0.15, -0.1) is 0 Å². The van der Waals surface area contributed by atoms with Crippen LogP contribution in [0.15, 0.2) is 132 Å². The molecule has 0 aromatic heterocycles. The Morgan fingerprint density at radius 2 is 1.41 bits per heavy atom. The Hall–Kier alpha value is -4.68. The molecule has 2 heterocycles. The summed E-state index contributed by atoms with van der Waals surface area (Å²) < 4.78 is 43.2. The highest BCUT2D eigenvalue weighted by Crippen LogP contribution is 2.42. The zero-order valence-corrected chi connectivity index (χ0v) is 34.9. The summed E-state index contributed by atoms with van der Waals surface area (Å²) in [5.41, 5.74) is 7.47. The van der Waals surface area contributed by atoms with Gasteiger partial charge in [0.05, 0.1) is 23.7 Å². The number of rotatable bonds is 14. The van der Waals surface area contributed by atoms with E-state index in [2.05, 4.69) is 58.3 Å². The largest absolute Gasteiger partial charge is 0.392 e. The smallest absolute Gasteiger partial charge is 0.241 e. The summed E-state index contributed by atoms with van der Waals surface area (Å²) in [6, 6.07) is 39.2. The Morgan fingerprint density at radius 3 is 2.10 bits per heavy atom. The standard InChI is InChI=1S/C49H57N3O6S/c1-35-17-27-43(28-18-35)59(55,56)51-45(31-37-13-7-6-8-14-37)48(54)50-32-42-15-9-10-16-44(42)39-23-25-41(26-24-39)49-57-46(33-52-29-11-4-3-5-12-30-52)36(2)47(58-49)40-21-19-38(34-53)20-22-40/h6-10,13-28,36,45-47,49,51,53H,3-5,11-12,29-34H2,1-2H3,(H,50,54)/t36-,45+,46+,47+,49+/m0/s1. The van der Waals surface area contributed by atoms with Crippen molar-refractivity contribution in [2.45, 2.75) is 95.0 Å². The van der Waals surface area contributed by atoms with Gasteiger partial charge in [0.25, 0.3) is 0 Å². The molecule has 3 N–H and O–H groups in total. The van der Waals surface area contributed by atoms with Crippen LogP contribution in [0, 0.1) is 12.8 Å². The SMILES string of the molecule is Cc1ccc(S(=O)(=O)N[C@H](Cc2ccccc2)C(=O)NCc2ccccc2-c2ccc([C@@H]3O[C@H](CN4CCCCCCC4)[C@H](C)[C@H](c4ccc(CO)cc4)O3)cc2)cc1. The molecule has 2 aliphatic rings. The first-order valence-electron chi connectivity index (χ1n) is 21.0. The molecule has 2 aliphatic heterocycles. The van der Waals surface area contributed by atoms with E-state index in [0.29, 0.717) is 0 Å². The third kappa shape index (κ3) is 11.1. The van der Waals surface area contributed by atoms with Crippen LogP contribution in [0.5, 0.6) is 0 Å². The van der Waals surface area contributed by atoms with E-state index in [1.165, 1.54) is 32.1 Å². The molecule has 5 atom stereocenters. The fourth-order valence-corrected chi connectivity index (χ4v) is 9.37. The first kappa shape index (κ1) is 42.4. The topological polar surface area (TPSA) is 117 Å². The average molecular weight is 816 g/mol. The van der Waals surface area contributed by atoms with E-state index in [4.69, 9.17) is 9.47 Å². The maximum Gasteiger partial charge on any atom is 0.241 e. The summed E-state index contributed by atoms with van der Waals surface area (Å²) in [4.78, 5) is 16.5. The van der Waals surface area contributed by atoms with Crippen LogP contribution in [0.3, 0.4) is 0 Å². The second kappa shape index (κ2) is 20.1. The van der Waals surface area contributed by atoms with E-state index in [-0.39, 0.29) is 42.6 Å². The molecule has 2 saturated heterocycles. The molecule has 5 aromatic rings. The second-order valence-corrected chi connectivity index (χ2v) is 17.8. The Morgan fingerprint density at radius 1 is 0.763 bits per heavy atom. The van der Waals surface area contributed by atoms with Gasteiger partial charge in [-0.25, -0.2) is 8.42 Å². The van der Waals surface area contributed by atoms with E-state index < -0.39 is 28.3 Å². The third-order valence-electron chi connectivity index (χ3n) is 11.7. The Kier molecular flexibility index (Phi) is 14.4. The lowest BCUT2D eigenvalue weighted by Gasteiger charge is -2.43. The van der Waals surface area contributed by atoms with Crippen molar-refractivity contribution in [3.8, 4) is 11.1 Å². The van der Waals surface area contributed by atoms with Gasteiger partial charge in [-0.05, 0) is 84.8 Å². The summed E-state index contributed by atoms with van der Waals surface area (Å²) in [7, 11) is -3.97. The normalized spacial score (nSPS) is 20.9. The van der Waals surface area contributed by atoms with Crippen molar-refractivity contribution in [2.75, 3.05) is 19.6 Å². The summed E-state index contributed by atoms with van der Waals surface area (Å²) in [5.74, 6) is -0.301. The molecule has 0 unspecified atom stereocenters. The second-order valence-electron chi connectivity index (χ2n) is 16.1. The number of likely N-dealkylation sites (tertiary alicyclic amines) is 1. The molecular formula is C49H57N3O6S.